The van der Waals surface area contributed by atoms with Gasteiger partial charge in [0.1, 0.15) is 0 Å². The average Bonchev–Trinajstić information content (AvgIpc) is 2.77. The van der Waals surface area contributed by atoms with Crippen LogP contribution in [0.2, 0.25) is 0 Å². The highest BCUT2D eigenvalue weighted by Gasteiger charge is 2.24. The number of nitrogens with one attached hydrogen (secondary N) is 1. The van der Waals surface area contributed by atoms with Crippen molar-refractivity contribution in [2.75, 3.05) is 17.3 Å². The highest BCUT2D eigenvalue weighted by molar-refractivity contribution is 7.99. The zero-order valence-electron chi connectivity index (χ0n) is 11.4. The van der Waals surface area contributed by atoms with Crippen LogP contribution in [0.25, 0.3) is 0 Å². The lowest BCUT2D eigenvalue weighted by atomic mass is 10.2. The van der Waals surface area contributed by atoms with Crippen LogP contribution < -0.4 is 5.32 Å². The molecule has 0 amide bonds. The number of sulfone groups is 1. The molecule has 0 saturated heterocycles. The number of hydrogen-bond acceptors (Lipinski definition) is 4. The third-order valence-corrected chi connectivity index (χ3v) is 5.80. The summed E-state index contributed by atoms with van der Waals surface area (Å²) in [5.41, 5.74) is 1.01. The minimum absolute atomic E-state index is 0.379. The van der Waals surface area contributed by atoms with E-state index in [1.165, 1.54) is 31.3 Å². The molecule has 1 fully saturated rings. The van der Waals surface area contributed by atoms with Gasteiger partial charge in [0.25, 0.3) is 0 Å². The van der Waals surface area contributed by atoms with E-state index < -0.39 is 9.84 Å². The summed E-state index contributed by atoms with van der Waals surface area (Å²) in [5, 5.41) is 4.28. The lowest BCUT2D eigenvalue weighted by Crippen LogP contribution is -2.16. The molecule has 1 aliphatic carbocycles. The van der Waals surface area contributed by atoms with Gasteiger partial charge in [-0.2, -0.15) is 11.8 Å². The van der Waals surface area contributed by atoms with Gasteiger partial charge < -0.3 is 5.32 Å². The summed E-state index contributed by atoms with van der Waals surface area (Å²) in [6.07, 6.45) is 4.91. The third-order valence-electron chi connectivity index (χ3n) is 3.44. The molecular weight excluding hydrogens is 278 g/mol. The van der Waals surface area contributed by atoms with E-state index in [0.29, 0.717) is 10.9 Å². The molecule has 1 N–H and O–H groups in total. The summed E-state index contributed by atoms with van der Waals surface area (Å²) >= 11 is 2.04. The van der Waals surface area contributed by atoms with Gasteiger partial charge in [-0.25, -0.2) is 8.42 Å². The Balaban J connectivity index is 1.94. The molecule has 3 nitrogen and oxygen atoms in total. The Bertz CT molecular complexity index is 511. The van der Waals surface area contributed by atoms with Crippen LogP contribution >= 0.6 is 11.8 Å². The zero-order valence-corrected chi connectivity index (χ0v) is 13.1. The monoisotopic (exact) mass is 299 g/mol. The van der Waals surface area contributed by atoms with Gasteiger partial charge in [-0.05, 0) is 49.3 Å². The second-order valence-corrected chi connectivity index (χ2v) is 8.62. The Morgan fingerprint density at radius 2 is 1.95 bits per heavy atom. The molecule has 19 heavy (non-hydrogen) atoms. The molecule has 1 saturated carbocycles. The van der Waals surface area contributed by atoms with Crippen LogP contribution in [0.3, 0.4) is 0 Å². The lowest BCUT2D eigenvalue weighted by Gasteiger charge is -2.14. The molecule has 2 atom stereocenters. The molecule has 106 valence electrons. The predicted octanol–water partition coefficient (Wildman–Crippen LogP) is 3.18. The molecule has 1 aromatic rings. The van der Waals surface area contributed by atoms with Gasteiger partial charge in [0.15, 0.2) is 9.84 Å². The summed E-state index contributed by atoms with van der Waals surface area (Å²) in [7, 11) is -3.09. The maximum absolute atomic E-state index is 11.4. The van der Waals surface area contributed by atoms with Crippen LogP contribution in [-0.4, -0.2) is 31.7 Å². The molecule has 2 unspecified atom stereocenters. The van der Waals surface area contributed by atoms with Crippen molar-refractivity contribution in [2.24, 2.45) is 0 Å². The van der Waals surface area contributed by atoms with Crippen molar-refractivity contribution in [2.45, 2.75) is 42.4 Å². The summed E-state index contributed by atoms with van der Waals surface area (Å²) in [6.45, 7) is 2.20. The van der Waals surface area contributed by atoms with Gasteiger partial charge in [-0.15, -0.1) is 0 Å². The van der Waals surface area contributed by atoms with E-state index in [4.69, 9.17) is 0 Å². The minimum atomic E-state index is -3.09. The predicted molar refractivity (Wildman–Crippen MR) is 82.7 cm³/mol. The smallest absolute Gasteiger partial charge is 0.175 e. The maximum Gasteiger partial charge on any atom is 0.175 e. The van der Waals surface area contributed by atoms with Crippen molar-refractivity contribution in [1.29, 1.82) is 0 Å². The molecule has 1 aromatic carbocycles. The van der Waals surface area contributed by atoms with Crippen LogP contribution in [0.15, 0.2) is 29.2 Å². The van der Waals surface area contributed by atoms with Crippen molar-refractivity contribution in [1.82, 2.24) is 0 Å². The summed E-state index contributed by atoms with van der Waals surface area (Å²) in [5.74, 6) is 1.18. The van der Waals surface area contributed by atoms with Gasteiger partial charge in [-0.3, -0.25) is 0 Å². The van der Waals surface area contributed by atoms with Gasteiger partial charge in [-0.1, -0.05) is 6.92 Å². The van der Waals surface area contributed by atoms with Crippen molar-refractivity contribution < 1.29 is 8.42 Å². The maximum atomic E-state index is 11.4. The Kier molecular flexibility index (Phi) is 4.79. The van der Waals surface area contributed by atoms with Crippen molar-refractivity contribution >= 4 is 27.3 Å². The topological polar surface area (TPSA) is 46.2 Å². The molecule has 0 aromatic heterocycles. The second kappa shape index (κ2) is 6.18. The molecule has 2 rings (SSSR count). The number of hydrogen-bond donors (Lipinski definition) is 1. The standard InChI is InChI=1S/C14H21NO2S2/c1-3-18-13-7-4-12(10-13)15-11-5-8-14(9-6-11)19(2,16)17/h5-6,8-9,12-13,15H,3-4,7,10H2,1-2H3. The van der Waals surface area contributed by atoms with E-state index in [9.17, 15) is 8.42 Å². The van der Waals surface area contributed by atoms with Crippen LogP contribution in [0.4, 0.5) is 5.69 Å². The van der Waals surface area contributed by atoms with E-state index in [0.717, 1.165) is 10.9 Å². The van der Waals surface area contributed by atoms with Crippen LogP contribution in [0.1, 0.15) is 26.2 Å². The van der Waals surface area contributed by atoms with E-state index >= 15 is 0 Å². The first-order valence-electron chi connectivity index (χ1n) is 6.67. The fraction of sp³-hybridized carbons (Fsp3) is 0.571. The molecule has 0 aliphatic heterocycles. The van der Waals surface area contributed by atoms with Gasteiger partial charge in [0, 0.05) is 23.2 Å². The second-order valence-electron chi connectivity index (χ2n) is 5.03. The largest absolute Gasteiger partial charge is 0.382 e. The fourth-order valence-electron chi connectivity index (χ4n) is 2.49. The Morgan fingerprint density at radius 1 is 1.26 bits per heavy atom. The number of rotatable bonds is 5. The molecule has 0 spiro atoms. The molecule has 0 bridgehead atoms. The van der Waals surface area contributed by atoms with Crippen molar-refractivity contribution in [3.05, 3.63) is 24.3 Å². The first-order valence-corrected chi connectivity index (χ1v) is 9.61. The van der Waals surface area contributed by atoms with Crippen LogP contribution in [0, 0.1) is 0 Å². The Labute approximate surface area is 120 Å². The Morgan fingerprint density at radius 3 is 2.53 bits per heavy atom. The number of benzene rings is 1. The highest BCUT2D eigenvalue weighted by Crippen LogP contribution is 2.31. The highest BCUT2D eigenvalue weighted by atomic mass is 32.2. The first-order chi connectivity index (χ1) is 8.99. The molecule has 0 heterocycles. The summed E-state index contributed by atoms with van der Waals surface area (Å²) < 4.78 is 22.8. The van der Waals surface area contributed by atoms with E-state index in [1.807, 2.05) is 23.9 Å². The van der Waals surface area contributed by atoms with Crippen molar-refractivity contribution in [3.8, 4) is 0 Å². The third kappa shape index (κ3) is 4.14. The lowest BCUT2D eigenvalue weighted by molar-refractivity contribution is 0.602. The minimum Gasteiger partial charge on any atom is -0.382 e. The van der Waals surface area contributed by atoms with Gasteiger partial charge in [0.2, 0.25) is 0 Å². The molecule has 1 aliphatic rings. The van der Waals surface area contributed by atoms with E-state index in [2.05, 4.69) is 12.2 Å². The van der Waals surface area contributed by atoms with E-state index in [-0.39, 0.29) is 0 Å². The fourth-order valence-corrected chi connectivity index (χ4v) is 4.27. The number of anilines is 1. The average molecular weight is 299 g/mol. The van der Waals surface area contributed by atoms with Crippen molar-refractivity contribution in [3.63, 3.8) is 0 Å². The molecule has 5 heteroatoms. The summed E-state index contributed by atoms with van der Waals surface area (Å²) in [6, 6.07) is 7.58. The van der Waals surface area contributed by atoms with Crippen LogP contribution in [-0.2, 0) is 9.84 Å². The van der Waals surface area contributed by atoms with Gasteiger partial charge >= 0.3 is 0 Å². The van der Waals surface area contributed by atoms with Crippen LogP contribution in [0.5, 0.6) is 0 Å². The first kappa shape index (κ1) is 14.7. The molecular formula is C14H21NO2S2. The Hall–Kier alpha value is -0.680. The quantitative estimate of drug-likeness (QED) is 0.907. The zero-order chi connectivity index (χ0) is 13.9. The van der Waals surface area contributed by atoms with E-state index in [1.54, 1.807) is 12.1 Å². The SMILES string of the molecule is CCSC1CCC(Nc2ccc(S(C)(=O)=O)cc2)C1. The van der Waals surface area contributed by atoms with Gasteiger partial charge in [0.05, 0.1) is 4.90 Å². The number of thioether (sulfide) groups is 1. The summed E-state index contributed by atoms with van der Waals surface area (Å²) in [4.78, 5) is 0.379. The molecule has 0 radical (unpaired) electrons. The normalized spacial score (nSPS) is 23.5.